The molecule has 36 heavy (non-hydrogen) atoms. The van der Waals surface area contributed by atoms with E-state index in [-0.39, 0.29) is 48.3 Å². The van der Waals surface area contributed by atoms with Crippen LogP contribution in [0.15, 0.2) is 23.2 Å². The quantitative estimate of drug-likeness (QED) is 0.147. The van der Waals surface area contributed by atoms with Gasteiger partial charge in [0.15, 0.2) is 5.96 Å². The Morgan fingerprint density at radius 3 is 2.31 bits per heavy atom. The number of aliphatic imine (C=N–C) groups is 1. The summed E-state index contributed by atoms with van der Waals surface area (Å²) in [6.45, 7) is 0.0968. The van der Waals surface area contributed by atoms with Crippen LogP contribution >= 0.6 is 0 Å². The highest BCUT2D eigenvalue weighted by atomic mass is 16.5. The Hall–Kier alpha value is -3.50. The molecule has 5 rings (SSSR count). The molecule has 0 heterocycles. The maximum Gasteiger partial charge on any atom is 0.328 e. The van der Waals surface area contributed by atoms with Crippen molar-refractivity contribution in [3.63, 3.8) is 0 Å². The summed E-state index contributed by atoms with van der Waals surface area (Å²) in [4.78, 5) is 40.9. The lowest BCUT2D eigenvalue weighted by atomic mass is 9.49. The van der Waals surface area contributed by atoms with Crippen LogP contribution in [0.4, 0.5) is 0 Å². The van der Waals surface area contributed by atoms with Crippen LogP contribution in [0.25, 0.3) is 0 Å². The van der Waals surface area contributed by atoms with Crippen molar-refractivity contribution in [2.45, 2.75) is 51.0 Å². The molecule has 1 atom stereocenters. The van der Waals surface area contributed by atoms with Gasteiger partial charge >= 0.3 is 5.97 Å². The van der Waals surface area contributed by atoms with E-state index in [4.69, 9.17) is 16.2 Å². The van der Waals surface area contributed by atoms with Crippen LogP contribution in [0.1, 0.15) is 55.3 Å². The normalized spacial score (nSPS) is 26.6. The molecule has 0 aromatic heterocycles. The van der Waals surface area contributed by atoms with Gasteiger partial charge in [0.2, 0.25) is 5.91 Å². The van der Waals surface area contributed by atoms with E-state index in [2.05, 4.69) is 15.6 Å². The molecule has 8 N–H and O–H groups in total. The molecule has 11 nitrogen and oxygen atoms in total. The molecule has 0 radical (unpaired) electrons. The fraction of sp³-hybridized carbons (Fsp3) is 0.600. The smallest absolute Gasteiger partial charge is 0.328 e. The molecule has 4 aliphatic carbocycles. The van der Waals surface area contributed by atoms with Crippen molar-refractivity contribution in [1.29, 1.82) is 0 Å². The number of benzene rings is 1. The van der Waals surface area contributed by atoms with Gasteiger partial charge in [-0.25, -0.2) is 4.79 Å². The van der Waals surface area contributed by atoms with E-state index in [0.29, 0.717) is 29.9 Å². The number of carbonyl (C=O) groups is 3. The topological polar surface area (TPSA) is 189 Å². The summed E-state index contributed by atoms with van der Waals surface area (Å²) in [5, 5.41) is 24.9. The van der Waals surface area contributed by atoms with Crippen molar-refractivity contribution in [3.05, 3.63) is 23.8 Å². The number of nitrogens with two attached hydrogens (primary N) is 2. The Morgan fingerprint density at radius 1 is 1.11 bits per heavy atom. The Bertz CT molecular complexity index is 1000. The molecule has 11 heteroatoms. The summed E-state index contributed by atoms with van der Waals surface area (Å²) in [5.41, 5.74) is 10.4. The van der Waals surface area contributed by atoms with Gasteiger partial charge in [-0.05, 0) is 73.8 Å². The number of nitrogens with one attached hydrogen (secondary N) is 2. The Balaban J connectivity index is 1.28. The fourth-order valence-electron chi connectivity index (χ4n) is 6.71. The highest BCUT2D eigenvalue weighted by Gasteiger charge is 2.51. The van der Waals surface area contributed by atoms with Crippen LogP contribution in [0.5, 0.6) is 11.5 Å². The molecule has 0 spiro atoms. The first-order chi connectivity index (χ1) is 17.1. The van der Waals surface area contributed by atoms with E-state index < -0.39 is 17.9 Å². The number of hydrogen-bond donors (Lipinski definition) is 6. The number of carboxylic acid groups (broad SMARTS) is 1. The molecule has 0 unspecified atom stereocenters. The average molecular weight is 502 g/mol. The molecule has 196 valence electrons. The Labute approximate surface area is 209 Å². The predicted molar refractivity (Wildman–Crippen MR) is 131 cm³/mol. The summed E-state index contributed by atoms with van der Waals surface area (Å²) in [5.74, 6) is -0.173. The van der Waals surface area contributed by atoms with Crippen LogP contribution < -0.4 is 26.8 Å². The fourth-order valence-corrected chi connectivity index (χ4v) is 6.71. The van der Waals surface area contributed by atoms with Crippen LogP contribution in [0.2, 0.25) is 0 Å². The summed E-state index contributed by atoms with van der Waals surface area (Å²) in [6, 6.07) is 2.86. The lowest BCUT2D eigenvalue weighted by Gasteiger charge is -2.56. The van der Waals surface area contributed by atoms with Gasteiger partial charge in [-0.1, -0.05) is 0 Å². The number of nitrogens with zero attached hydrogens (tertiary/aromatic N) is 1. The number of carboxylic acids is 1. The highest BCUT2D eigenvalue weighted by molar-refractivity contribution is 5.97. The average Bonchev–Trinajstić information content (AvgIpc) is 2.77. The van der Waals surface area contributed by atoms with Crippen molar-refractivity contribution >= 4 is 23.7 Å². The molecular formula is C25H35N5O6. The first kappa shape index (κ1) is 25.6. The molecule has 4 fully saturated rings. The van der Waals surface area contributed by atoms with E-state index in [0.717, 1.165) is 19.3 Å². The summed E-state index contributed by atoms with van der Waals surface area (Å²) < 4.78 is 5.41. The van der Waals surface area contributed by atoms with Crippen molar-refractivity contribution in [1.82, 2.24) is 10.6 Å². The second kappa shape index (κ2) is 10.6. The van der Waals surface area contributed by atoms with Crippen LogP contribution in [-0.4, -0.2) is 59.7 Å². The van der Waals surface area contributed by atoms with Crippen molar-refractivity contribution < 1.29 is 29.3 Å². The highest BCUT2D eigenvalue weighted by Crippen LogP contribution is 2.61. The van der Waals surface area contributed by atoms with Gasteiger partial charge in [0.05, 0.1) is 12.1 Å². The van der Waals surface area contributed by atoms with E-state index >= 15 is 0 Å². The molecule has 4 saturated carbocycles. The van der Waals surface area contributed by atoms with E-state index in [1.54, 1.807) is 0 Å². The lowest BCUT2D eigenvalue weighted by Crippen LogP contribution is -2.52. The number of phenolic OH excluding ortho intramolecular Hbond substituents is 1. The second-order valence-corrected chi connectivity index (χ2v) is 10.6. The Morgan fingerprint density at radius 2 is 1.75 bits per heavy atom. The van der Waals surface area contributed by atoms with Crippen LogP contribution in [-0.2, 0) is 9.59 Å². The molecular weight excluding hydrogens is 466 g/mol. The zero-order chi connectivity index (χ0) is 25.9. The third kappa shape index (κ3) is 6.19. The number of carbonyl (C=O) groups excluding carboxylic acids is 2. The number of guanidine groups is 1. The molecule has 2 amide bonds. The van der Waals surface area contributed by atoms with E-state index in [1.807, 2.05) is 0 Å². The second-order valence-electron chi connectivity index (χ2n) is 10.6. The van der Waals surface area contributed by atoms with Crippen molar-refractivity contribution in [2.75, 3.05) is 19.7 Å². The SMILES string of the molecule is NC(N)=NCCOc1ccc(C(=O)NC[C@H](NC(=O)CC23CC4CC(CC(C4)C2)C3)C(=O)O)c(O)c1. The zero-order valence-corrected chi connectivity index (χ0v) is 20.2. The maximum atomic E-state index is 12.8. The summed E-state index contributed by atoms with van der Waals surface area (Å²) >= 11 is 0. The minimum Gasteiger partial charge on any atom is -0.507 e. The van der Waals surface area contributed by atoms with Crippen LogP contribution in [0.3, 0.4) is 0 Å². The first-order valence-electron chi connectivity index (χ1n) is 12.4. The zero-order valence-electron chi connectivity index (χ0n) is 20.2. The third-order valence-corrected chi connectivity index (χ3v) is 7.67. The van der Waals surface area contributed by atoms with Gasteiger partial charge in [-0.2, -0.15) is 0 Å². The number of aromatic hydroxyl groups is 1. The number of ether oxygens (including phenoxy) is 1. The van der Waals surface area contributed by atoms with Crippen molar-refractivity contribution in [2.24, 2.45) is 39.6 Å². The van der Waals surface area contributed by atoms with Gasteiger partial charge in [-0.3, -0.25) is 14.6 Å². The molecule has 0 aliphatic heterocycles. The molecule has 4 aliphatic rings. The standard InChI is InChI=1S/C25H35N5O6/c26-24(27)28-3-4-36-17-1-2-18(20(31)8-17)22(33)29-13-19(23(34)35)30-21(32)12-25-9-14-5-15(10-25)7-16(6-14)11-25/h1-2,8,14-16,19,31H,3-7,9-13H2,(H,29,33)(H,30,32)(H,34,35)(H4,26,27,28)/t14?,15?,16?,19-,25?/m0/s1. The van der Waals surface area contributed by atoms with Crippen molar-refractivity contribution in [3.8, 4) is 11.5 Å². The van der Waals surface area contributed by atoms with Gasteiger partial charge < -0.3 is 37.1 Å². The molecule has 0 saturated heterocycles. The minimum absolute atomic E-state index is 0.00991. The minimum atomic E-state index is -1.27. The van der Waals surface area contributed by atoms with E-state index in [9.17, 15) is 24.6 Å². The number of phenols is 1. The van der Waals surface area contributed by atoms with Gasteiger partial charge in [0, 0.05) is 19.0 Å². The number of amides is 2. The lowest BCUT2D eigenvalue weighted by molar-refractivity contribution is -0.143. The van der Waals surface area contributed by atoms with Gasteiger partial charge in [0.25, 0.3) is 5.91 Å². The number of rotatable bonds is 11. The predicted octanol–water partition coefficient (Wildman–Crippen LogP) is 0.950. The summed E-state index contributed by atoms with van der Waals surface area (Å²) in [6.07, 6.45) is 7.28. The van der Waals surface area contributed by atoms with Gasteiger partial charge in [0.1, 0.15) is 24.1 Å². The van der Waals surface area contributed by atoms with E-state index in [1.165, 1.54) is 37.5 Å². The summed E-state index contributed by atoms with van der Waals surface area (Å²) in [7, 11) is 0. The monoisotopic (exact) mass is 501 g/mol. The third-order valence-electron chi connectivity index (χ3n) is 7.67. The van der Waals surface area contributed by atoms with Gasteiger partial charge in [-0.15, -0.1) is 0 Å². The molecule has 4 bridgehead atoms. The largest absolute Gasteiger partial charge is 0.507 e. The molecule has 1 aromatic carbocycles. The van der Waals surface area contributed by atoms with Crippen LogP contribution in [0, 0.1) is 23.2 Å². The first-order valence-corrected chi connectivity index (χ1v) is 12.4. The number of hydrogen-bond acceptors (Lipinski definition) is 6. The number of aliphatic carboxylic acids is 1. The maximum absolute atomic E-state index is 12.8. The Kier molecular flexibility index (Phi) is 7.56. The molecule has 1 aromatic rings.